The van der Waals surface area contributed by atoms with Gasteiger partial charge < -0.3 is 13.9 Å². The van der Waals surface area contributed by atoms with Gasteiger partial charge in [-0.05, 0) is 37.5 Å². The number of ether oxygens (including phenoxy) is 2. The second kappa shape index (κ2) is 7.02. The van der Waals surface area contributed by atoms with Gasteiger partial charge in [0.15, 0.2) is 0 Å². The predicted octanol–water partition coefficient (Wildman–Crippen LogP) is 2.63. The third-order valence-corrected chi connectivity index (χ3v) is 4.15. The summed E-state index contributed by atoms with van der Waals surface area (Å²) >= 11 is 0. The van der Waals surface area contributed by atoms with Crippen LogP contribution < -0.4 is 4.74 Å². The van der Waals surface area contributed by atoms with Crippen LogP contribution in [-0.2, 0) is 11.3 Å². The number of nitrogens with zero attached hydrogens (tertiary/aromatic N) is 5. The van der Waals surface area contributed by atoms with Gasteiger partial charge in [-0.2, -0.15) is 0 Å². The molecule has 2 aromatic heterocycles. The summed E-state index contributed by atoms with van der Waals surface area (Å²) in [5, 5.41) is 16.5. The Labute approximate surface area is 144 Å². The normalized spacial score (nSPS) is 17.6. The van der Waals surface area contributed by atoms with Gasteiger partial charge in [0.25, 0.3) is 0 Å². The highest BCUT2D eigenvalue weighted by Crippen LogP contribution is 2.26. The van der Waals surface area contributed by atoms with Gasteiger partial charge >= 0.3 is 0 Å². The minimum atomic E-state index is 0.0394. The molecule has 0 N–H and O–H groups in total. The molecule has 1 fully saturated rings. The molecule has 3 aromatic rings. The Kier molecular flexibility index (Phi) is 4.43. The van der Waals surface area contributed by atoms with Gasteiger partial charge in [0.1, 0.15) is 24.1 Å². The Balaban J connectivity index is 1.46. The molecule has 8 nitrogen and oxygen atoms in total. The van der Waals surface area contributed by atoms with Gasteiger partial charge in [-0.25, -0.2) is 4.68 Å². The topological polar surface area (TPSA) is 88.1 Å². The van der Waals surface area contributed by atoms with Gasteiger partial charge in [0, 0.05) is 12.2 Å². The third-order valence-electron chi connectivity index (χ3n) is 4.15. The van der Waals surface area contributed by atoms with Crippen LogP contribution in [0.2, 0.25) is 0 Å². The highest BCUT2D eigenvalue weighted by Gasteiger charge is 2.19. The summed E-state index contributed by atoms with van der Waals surface area (Å²) in [7, 11) is 1.62. The standard InChI is InChI=1S/C17H19N5O3/c1-23-13-6-4-5-12(9-13)17-20-19-16(25-17)11-22-10-14(18-21-22)15-7-2-3-8-24-15/h4-6,9-10,15H,2-3,7-8,11H2,1H3. The lowest BCUT2D eigenvalue weighted by Crippen LogP contribution is -2.11. The highest BCUT2D eigenvalue weighted by atomic mass is 16.5. The maximum Gasteiger partial charge on any atom is 0.247 e. The van der Waals surface area contributed by atoms with E-state index in [4.69, 9.17) is 13.9 Å². The predicted molar refractivity (Wildman–Crippen MR) is 88.0 cm³/mol. The van der Waals surface area contributed by atoms with Crippen molar-refractivity contribution in [2.75, 3.05) is 13.7 Å². The Hall–Kier alpha value is -2.74. The lowest BCUT2D eigenvalue weighted by Gasteiger charge is -2.19. The highest BCUT2D eigenvalue weighted by molar-refractivity contribution is 5.55. The van der Waals surface area contributed by atoms with Crippen molar-refractivity contribution in [1.29, 1.82) is 0 Å². The lowest BCUT2D eigenvalue weighted by molar-refractivity contribution is 0.0122. The van der Waals surface area contributed by atoms with Gasteiger partial charge in [-0.3, -0.25) is 0 Å². The first-order valence-electron chi connectivity index (χ1n) is 8.30. The molecular formula is C17H19N5O3. The molecule has 0 bridgehead atoms. The Morgan fingerprint density at radius 1 is 1.24 bits per heavy atom. The van der Waals surface area contributed by atoms with E-state index in [1.165, 1.54) is 0 Å². The molecular weight excluding hydrogens is 322 g/mol. The number of methoxy groups -OCH3 is 1. The maximum atomic E-state index is 5.73. The molecule has 0 spiro atoms. The van der Waals surface area contributed by atoms with Crippen molar-refractivity contribution in [3.63, 3.8) is 0 Å². The fraction of sp³-hybridized carbons (Fsp3) is 0.412. The molecule has 1 aromatic carbocycles. The largest absolute Gasteiger partial charge is 0.497 e. The average Bonchev–Trinajstić information content (AvgIpc) is 3.33. The van der Waals surface area contributed by atoms with E-state index in [0.717, 1.165) is 42.9 Å². The van der Waals surface area contributed by atoms with E-state index >= 15 is 0 Å². The van der Waals surface area contributed by atoms with Crippen molar-refractivity contribution in [2.24, 2.45) is 0 Å². The Morgan fingerprint density at radius 3 is 3.04 bits per heavy atom. The number of rotatable bonds is 5. The minimum Gasteiger partial charge on any atom is -0.497 e. The van der Waals surface area contributed by atoms with Gasteiger partial charge in [-0.15, -0.1) is 15.3 Å². The van der Waals surface area contributed by atoms with Crippen LogP contribution in [0.1, 0.15) is 37.0 Å². The molecule has 0 radical (unpaired) electrons. The molecule has 1 unspecified atom stereocenters. The molecule has 0 saturated carbocycles. The maximum absolute atomic E-state index is 5.73. The van der Waals surface area contributed by atoms with E-state index in [2.05, 4.69) is 20.5 Å². The van der Waals surface area contributed by atoms with Crippen molar-refractivity contribution in [2.45, 2.75) is 31.9 Å². The summed E-state index contributed by atoms with van der Waals surface area (Å²) in [5.41, 5.74) is 1.67. The second-order valence-corrected chi connectivity index (χ2v) is 5.93. The van der Waals surface area contributed by atoms with Crippen LogP contribution in [0.15, 0.2) is 34.9 Å². The van der Waals surface area contributed by atoms with Crippen LogP contribution in [0.4, 0.5) is 0 Å². The first kappa shape index (κ1) is 15.8. The van der Waals surface area contributed by atoms with E-state index in [1.54, 1.807) is 11.8 Å². The molecule has 1 aliphatic rings. The molecule has 0 amide bonds. The van der Waals surface area contributed by atoms with Crippen LogP contribution in [0.5, 0.6) is 5.75 Å². The Morgan fingerprint density at radius 2 is 2.20 bits per heavy atom. The summed E-state index contributed by atoms with van der Waals surface area (Å²) < 4.78 is 18.4. The van der Waals surface area contributed by atoms with Crippen molar-refractivity contribution < 1.29 is 13.9 Å². The summed E-state index contributed by atoms with van der Waals surface area (Å²) in [5.74, 6) is 1.66. The molecule has 3 heterocycles. The number of hydrogen-bond donors (Lipinski definition) is 0. The van der Waals surface area contributed by atoms with Gasteiger partial charge in [0.05, 0.1) is 13.3 Å². The fourth-order valence-electron chi connectivity index (χ4n) is 2.84. The van der Waals surface area contributed by atoms with Gasteiger partial charge in [0.2, 0.25) is 11.8 Å². The number of aromatic nitrogens is 5. The second-order valence-electron chi connectivity index (χ2n) is 5.93. The van der Waals surface area contributed by atoms with Crippen LogP contribution >= 0.6 is 0 Å². The summed E-state index contributed by atoms with van der Waals surface area (Å²) in [4.78, 5) is 0. The van der Waals surface area contributed by atoms with E-state index in [-0.39, 0.29) is 6.10 Å². The molecule has 8 heteroatoms. The van der Waals surface area contributed by atoms with Gasteiger partial charge in [-0.1, -0.05) is 11.3 Å². The van der Waals surface area contributed by atoms with E-state index in [0.29, 0.717) is 18.3 Å². The van der Waals surface area contributed by atoms with E-state index < -0.39 is 0 Å². The van der Waals surface area contributed by atoms with Crippen molar-refractivity contribution in [3.8, 4) is 17.2 Å². The average molecular weight is 341 g/mol. The fourth-order valence-corrected chi connectivity index (χ4v) is 2.84. The quantitative estimate of drug-likeness (QED) is 0.705. The van der Waals surface area contributed by atoms with Crippen molar-refractivity contribution in [3.05, 3.63) is 42.0 Å². The van der Waals surface area contributed by atoms with E-state index in [1.807, 2.05) is 30.5 Å². The van der Waals surface area contributed by atoms with Crippen LogP contribution in [0.25, 0.3) is 11.5 Å². The zero-order valence-corrected chi connectivity index (χ0v) is 14.0. The molecule has 4 rings (SSSR count). The zero-order chi connectivity index (χ0) is 17.1. The molecule has 1 saturated heterocycles. The first-order chi connectivity index (χ1) is 12.3. The molecule has 1 atom stereocenters. The van der Waals surface area contributed by atoms with E-state index in [9.17, 15) is 0 Å². The van der Waals surface area contributed by atoms with Crippen molar-refractivity contribution >= 4 is 0 Å². The molecule has 130 valence electrons. The molecule has 0 aliphatic carbocycles. The number of hydrogen-bond acceptors (Lipinski definition) is 7. The summed E-state index contributed by atoms with van der Waals surface area (Å²) in [6.07, 6.45) is 5.17. The summed E-state index contributed by atoms with van der Waals surface area (Å²) in [6.45, 7) is 1.15. The molecule has 1 aliphatic heterocycles. The summed E-state index contributed by atoms with van der Waals surface area (Å²) in [6, 6.07) is 7.50. The van der Waals surface area contributed by atoms with Crippen LogP contribution in [0, 0.1) is 0 Å². The van der Waals surface area contributed by atoms with Crippen LogP contribution in [0.3, 0.4) is 0 Å². The smallest absolute Gasteiger partial charge is 0.247 e. The lowest BCUT2D eigenvalue weighted by atomic mass is 10.1. The minimum absolute atomic E-state index is 0.0394. The monoisotopic (exact) mass is 341 g/mol. The SMILES string of the molecule is COc1cccc(-c2nnc(Cn3cc(C4CCCCO4)nn3)o2)c1. The zero-order valence-electron chi connectivity index (χ0n) is 14.0. The molecule has 25 heavy (non-hydrogen) atoms. The van der Waals surface area contributed by atoms with Crippen LogP contribution in [-0.4, -0.2) is 38.9 Å². The number of benzene rings is 1. The Bertz CT molecular complexity index is 838. The first-order valence-corrected chi connectivity index (χ1v) is 8.30. The third kappa shape index (κ3) is 3.53. The van der Waals surface area contributed by atoms with Crippen molar-refractivity contribution in [1.82, 2.24) is 25.2 Å².